The van der Waals surface area contributed by atoms with E-state index in [0.29, 0.717) is 25.1 Å². The summed E-state index contributed by atoms with van der Waals surface area (Å²) >= 11 is 0. The van der Waals surface area contributed by atoms with Gasteiger partial charge in [-0.3, -0.25) is 9.69 Å². The number of likely N-dealkylation sites (tertiary alicyclic amines) is 1. The van der Waals surface area contributed by atoms with Crippen molar-refractivity contribution in [2.45, 2.75) is 19.4 Å². The quantitative estimate of drug-likeness (QED) is 0.862. The number of hydrogen-bond acceptors (Lipinski definition) is 3. The van der Waals surface area contributed by atoms with E-state index in [9.17, 15) is 14.3 Å². The molecular formula is C13H16FNO3. The van der Waals surface area contributed by atoms with E-state index in [2.05, 4.69) is 0 Å². The Labute approximate surface area is 105 Å². The summed E-state index contributed by atoms with van der Waals surface area (Å²) < 4.78 is 12.8. The molecule has 1 fully saturated rings. The third-order valence-corrected chi connectivity index (χ3v) is 3.30. The molecule has 1 aromatic rings. The summed E-state index contributed by atoms with van der Waals surface area (Å²) in [5.74, 6) is -1.67. The molecule has 1 heterocycles. The van der Waals surface area contributed by atoms with Crippen LogP contribution in [-0.4, -0.2) is 34.2 Å². The van der Waals surface area contributed by atoms with E-state index in [1.807, 2.05) is 4.90 Å². The number of carboxylic acid groups (broad SMARTS) is 1. The zero-order chi connectivity index (χ0) is 13.1. The summed E-state index contributed by atoms with van der Waals surface area (Å²) in [5, 5.41) is 18.6. The molecule has 0 saturated carbocycles. The second-order valence-corrected chi connectivity index (χ2v) is 4.69. The Morgan fingerprint density at radius 1 is 1.50 bits per heavy atom. The number of phenols is 1. The Kier molecular flexibility index (Phi) is 3.81. The summed E-state index contributed by atoms with van der Waals surface area (Å²) in [7, 11) is 0. The summed E-state index contributed by atoms with van der Waals surface area (Å²) in [6.07, 6.45) is 1.53. The molecule has 98 valence electrons. The summed E-state index contributed by atoms with van der Waals surface area (Å²) in [6, 6.07) is 3.91. The molecule has 1 atom stereocenters. The minimum absolute atomic E-state index is 0.0764. The third kappa shape index (κ3) is 2.98. The van der Waals surface area contributed by atoms with Crippen LogP contribution < -0.4 is 0 Å². The highest BCUT2D eigenvalue weighted by Gasteiger charge is 2.25. The first-order chi connectivity index (χ1) is 8.56. The van der Waals surface area contributed by atoms with Gasteiger partial charge in [0.1, 0.15) is 11.6 Å². The number of phenolic OH excluding ortho intramolecular Hbond substituents is 1. The lowest BCUT2D eigenvalue weighted by atomic mass is 9.98. The molecule has 1 saturated heterocycles. The van der Waals surface area contributed by atoms with Gasteiger partial charge in [0.25, 0.3) is 0 Å². The Bertz CT molecular complexity index is 450. The van der Waals surface area contributed by atoms with Crippen LogP contribution in [0, 0.1) is 11.7 Å². The molecule has 0 bridgehead atoms. The van der Waals surface area contributed by atoms with E-state index in [1.54, 1.807) is 0 Å². The van der Waals surface area contributed by atoms with Gasteiger partial charge in [0.15, 0.2) is 0 Å². The Morgan fingerprint density at radius 2 is 2.28 bits per heavy atom. The standard InChI is InChI=1S/C13H16FNO3/c14-11-4-3-9(12(16)6-11)7-15-5-1-2-10(8-15)13(17)18/h3-4,6,10,16H,1-2,5,7-8H2,(H,17,18). The number of nitrogens with zero attached hydrogens (tertiary/aromatic N) is 1. The lowest BCUT2D eigenvalue weighted by Crippen LogP contribution is -2.38. The molecule has 1 unspecified atom stereocenters. The second kappa shape index (κ2) is 5.35. The zero-order valence-electron chi connectivity index (χ0n) is 9.97. The normalized spacial score (nSPS) is 20.8. The number of carbonyl (C=O) groups is 1. The SMILES string of the molecule is O=C(O)C1CCCN(Cc2ccc(F)cc2O)C1. The summed E-state index contributed by atoms with van der Waals surface area (Å²) in [6.45, 7) is 1.74. The number of hydrogen-bond donors (Lipinski definition) is 2. The van der Waals surface area contributed by atoms with Crippen molar-refractivity contribution in [3.63, 3.8) is 0 Å². The Hall–Kier alpha value is -1.62. The number of aliphatic carboxylic acids is 1. The van der Waals surface area contributed by atoms with Crippen LogP contribution in [0.15, 0.2) is 18.2 Å². The predicted molar refractivity (Wildman–Crippen MR) is 63.7 cm³/mol. The zero-order valence-corrected chi connectivity index (χ0v) is 9.97. The van der Waals surface area contributed by atoms with Gasteiger partial charge in [-0.25, -0.2) is 4.39 Å². The lowest BCUT2D eigenvalue weighted by molar-refractivity contribution is -0.143. The van der Waals surface area contributed by atoms with Crippen LogP contribution in [0.25, 0.3) is 0 Å². The van der Waals surface area contributed by atoms with Crippen molar-refractivity contribution < 1.29 is 19.4 Å². The van der Waals surface area contributed by atoms with Gasteiger partial charge in [0, 0.05) is 24.7 Å². The van der Waals surface area contributed by atoms with Crippen LogP contribution in [0.3, 0.4) is 0 Å². The van der Waals surface area contributed by atoms with Crippen molar-refractivity contribution in [2.75, 3.05) is 13.1 Å². The van der Waals surface area contributed by atoms with Crippen LogP contribution in [0.4, 0.5) is 4.39 Å². The average Bonchev–Trinajstić information content (AvgIpc) is 2.33. The highest BCUT2D eigenvalue weighted by molar-refractivity contribution is 5.70. The van der Waals surface area contributed by atoms with E-state index < -0.39 is 11.8 Å². The monoisotopic (exact) mass is 253 g/mol. The van der Waals surface area contributed by atoms with E-state index in [4.69, 9.17) is 5.11 Å². The first-order valence-electron chi connectivity index (χ1n) is 5.99. The molecule has 4 nitrogen and oxygen atoms in total. The first kappa shape index (κ1) is 12.8. The van der Waals surface area contributed by atoms with Crippen molar-refractivity contribution in [1.29, 1.82) is 0 Å². The van der Waals surface area contributed by atoms with Gasteiger partial charge in [0.2, 0.25) is 0 Å². The van der Waals surface area contributed by atoms with Gasteiger partial charge in [-0.05, 0) is 25.5 Å². The summed E-state index contributed by atoms with van der Waals surface area (Å²) in [4.78, 5) is 12.9. The fourth-order valence-electron chi connectivity index (χ4n) is 2.31. The number of benzene rings is 1. The molecule has 2 rings (SSSR count). The van der Waals surface area contributed by atoms with Crippen LogP contribution in [0.1, 0.15) is 18.4 Å². The van der Waals surface area contributed by atoms with E-state index in [1.165, 1.54) is 12.1 Å². The van der Waals surface area contributed by atoms with Crippen molar-refractivity contribution >= 4 is 5.97 Å². The molecule has 0 spiro atoms. The Balaban J connectivity index is 2.02. The molecule has 5 heteroatoms. The molecule has 0 aromatic heterocycles. The molecule has 0 radical (unpaired) electrons. The van der Waals surface area contributed by atoms with E-state index in [0.717, 1.165) is 19.0 Å². The molecular weight excluding hydrogens is 237 g/mol. The smallest absolute Gasteiger partial charge is 0.307 e. The van der Waals surface area contributed by atoms with Gasteiger partial charge in [0.05, 0.1) is 5.92 Å². The minimum atomic E-state index is -0.775. The molecule has 0 amide bonds. The van der Waals surface area contributed by atoms with Gasteiger partial charge in [-0.15, -0.1) is 0 Å². The summed E-state index contributed by atoms with van der Waals surface area (Å²) in [5.41, 5.74) is 0.627. The Morgan fingerprint density at radius 3 is 2.94 bits per heavy atom. The van der Waals surface area contributed by atoms with Crippen molar-refractivity contribution in [2.24, 2.45) is 5.92 Å². The van der Waals surface area contributed by atoms with Gasteiger partial charge < -0.3 is 10.2 Å². The van der Waals surface area contributed by atoms with Crippen molar-refractivity contribution in [1.82, 2.24) is 4.90 Å². The van der Waals surface area contributed by atoms with Crippen LogP contribution in [0.5, 0.6) is 5.75 Å². The lowest BCUT2D eigenvalue weighted by Gasteiger charge is -2.30. The number of rotatable bonds is 3. The number of carboxylic acids is 1. The fourth-order valence-corrected chi connectivity index (χ4v) is 2.31. The highest BCUT2D eigenvalue weighted by Crippen LogP contribution is 2.23. The molecule has 1 aromatic carbocycles. The number of aromatic hydroxyl groups is 1. The minimum Gasteiger partial charge on any atom is -0.508 e. The maximum atomic E-state index is 12.8. The molecule has 2 N–H and O–H groups in total. The van der Waals surface area contributed by atoms with E-state index in [-0.39, 0.29) is 11.7 Å². The first-order valence-corrected chi connectivity index (χ1v) is 5.99. The van der Waals surface area contributed by atoms with Crippen LogP contribution >= 0.6 is 0 Å². The third-order valence-electron chi connectivity index (χ3n) is 3.30. The maximum Gasteiger partial charge on any atom is 0.307 e. The van der Waals surface area contributed by atoms with Crippen LogP contribution in [-0.2, 0) is 11.3 Å². The van der Waals surface area contributed by atoms with Crippen LogP contribution in [0.2, 0.25) is 0 Å². The van der Waals surface area contributed by atoms with Crippen molar-refractivity contribution in [3.05, 3.63) is 29.6 Å². The van der Waals surface area contributed by atoms with Crippen molar-refractivity contribution in [3.8, 4) is 5.75 Å². The van der Waals surface area contributed by atoms with Gasteiger partial charge >= 0.3 is 5.97 Å². The second-order valence-electron chi connectivity index (χ2n) is 4.69. The van der Waals surface area contributed by atoms with E-state index >= 15 is 0 Å². The predicted octanol–water partition coefficient (Wildman–Crippen LogP) is 1.83. The maximum absolute atomic E-state index is 12.8. The molecule has 0 aliphatic carbocycles. The molecule has 1 aliphatic heterocycles. The largest absolute Gasteiger partial charge is 0.508 e. The highest BCUT2D eigenvalue weighted by atomic mass is 19.1. The number of halogens is 1. The fraction of sp³-hybridized carbons (Fsp3) is 0.462. The van der Waals surface area contributed by atoms with Gasteiger partial charge in [-0.1, -0.05) is 6.07 Å². The van der Waals surface area contributed by atoms with Gasteiger partial charge in [-0.2, -0.15) is 0 Å². The molecule has 1 aliphatic rings. The topological polar surface area (TPSA) is 60.8 Å². The molecule has 18 heavy (non-hydrogen) atoms. The average molecular weight is 253 g/mol. The number of piperidine rings is 1.